The van der Waals surface area contributed by atoms with Gasteiger partial charge in [-0.15, -0.1) is 0 Å². The van der Waals surface area contributed by atoms with Gasteiger partial charge in [0.2, 0.25) is 0 Å². The Kier molecular flexibility index (Phi) is 4.37. The second-order valence-electron chi connectivity index (χ2n) is 7.37. The van der Waals surface area contributed by atoms with Crippen molar-refractivity contribution in [2.45, 2.75) is 40.7 Å². The maximum Gasteiger partial charge on any atom is 0.183 e. The van der Waals surface area contributed by atoms with Crippen LogP contribution >= 0.6 is 0 Å². The Morgan fingerprint density at radius 3 is 2.50 bits per heavy atom. The number of pyridine rings is 1. The Morgan fingerprint density at radius 1 is 1.07 bits per heavy atom. The maximum absolute atomic E-state index is 14.0. The molecule has 0 aliphatic heterocycles. The summed E-state index contributed by atoms with van der Waals surface area (Å²) in [7, 11) is 0. The van der Waals surface area contributed by atoms with Crippen LogP contribution in [0.3, 0.4) is 0 Å². The largest absolute Gasteiger partial charge is 0.340 e. The van der Waals surface area contributed by atoms with Crippen LogP contribution in [0.1, 0.15) is 36.8 Å². The Balaban J connectivity index is 1.90. The fourth-order valence-electron chi connectivity index (χ4n) is 3.30. The molecule has 6 nitrogen and oxygen atoms in total. The van der Waals surface area contributed by atoms with Gasteiger partial charge in [0.15, 0.2) is 5.82 Å². The topological polar surface area (TPSA) is 60.6 Å². The summed E-state index contributed by atoms with van der Waals surface area (Å²) in [4.78, 5) is 9.35. The van der Waals surface area contributed by atoms with Crippen LogP contribution in [0.4, 0.5) is 15.9 Å². The number of aromatic nitrogens is 5. The molecule has 7 heteroatoms. The lowest BCUT2D eigenvalue weighted by Gasteiger charge is -2.13. The van der Waals surface area contributed by atoms with Gasteiger partial charge >= 0.3 is 0 Å². The summed E-state index contributed by atoms with van der Waals surface area (Å²) in [6, 6.07) is 9.25. The molecule has 0 fully saturated rings. The average Bonchev–Trinajstić information content (AvgIpc) is 3.20. The van der Waals surface area contributed by atoms with Crippen molar-refractivity contribution in [1.29, 1.82) is 0 Å². The van der Waals surface area contributed by atoms with E-state index in [4.69, 9.17) is 4.98 Å². The second kappa shape index (κ2) is 6.74. The van der Waals surface area contributed by atoms with Gasteiger partial charge < -0.3 is 9.88 Å². The van der Waals surface area contributed by atoms with Crippen molar-refractivity contribution < 1.29 is 4.39 Å². The summed E-state index contributed by atoms with van der Waals surface area (Å²) < 4.78 is 17.9. The van der Waals surface area contributed by atoms with Crippen LogP contribution in [0.2, 0.25) is 0 Å². The molecule has 1 aromatic carbocycles. The zero-order valence-electron chi connectivity index (χ0n) is 16.7. The van der Waals surface area contributed by atoms with Crippen LogP contribution in [0.15, 0.2) is 36.7 Å². The van der Waals surface area contributed by atoms with E-state index in [1.54, 1.807) is 17.7 Å². The molecule has 4 aromatic rings. The quantitative estimate of drug-likeness (QED) is 0.542. The molecule has 1 N–H and O–H groups in total. The number of halogens is 1. The van der Waals surface area contributed by atoms with E-state index in [0.29, 0.717) is 22.9 Å². The fraction of sp³-hybridized carbons (Fsp3) is 0.286. The van der Waals surface area contributed by atoms with Gasteiger partial charge in [-0.05, 0) is 58.4 Å². The van der Waals surface area contributed by atoms with Gasteiger partial charge in [-0.2, -0.15) is 5.10 Å². The van der Waals surface area contributed by atoms with Gasteiger partial charge in [-0.1, -0.05) is 6.07 Å². The smallest absolute Gasteiger partial charge is 0.183 e. The molecule has 28 heavy (non-hydrogen) atoms. The van der Waals surface area contributed by atoms with Crippen molar-refractivity contribution >= 4 is 22.5 Å². The molecule has 3 heterocycles. The number of nitrogens with one attached hydrogen (secondary N) is 1. The first kappa shape index (κ1) is 18.2. The molecule has 0 saturated carbocycles. The molecule has 0 amide bonds. The number of nitrogens with zero attached hydrogens (tertiary/aromatic N) is 5. The van der Waals surface area contributed by atoms with Crippen molar-refractivity contribution in [3.05, 3.63) is 59.4 Å². The molecule has 0 spiro atoms. The lowest BCUT2D eigenvalue weighted by Crippen LogP contribution is -2.07. The number of imidazole rings is 1. The van der Waals surface area contributed by atoms with Crippen molar-refractivity contribution in [3.63, 3.8) is 0 Å². The molecule has 0 saturated heterocycles. The average molecular weight is 378 g/mol. The Hall–Kier alpha value is -3.22. The summed E-state index contributed by atoms with van der Waals surface area (Å²) in [6.45, 7) is 9.89. The van der Waals surface area contributed by atoms with Crippen LogP contribution in [-0.2, 0) is 0 Å². The molecular formula is C21H23FN6. The lowest BCUT2D eigenvalue weighted by atomic mass is 10.2. The minimum atomic E-state index is -0.253. The highest BCUT2D eigenvalue weighted by Gasteiger charge is 2.17. The molecule has 0 atom stereocenters. The van der Waals surface area contributed by atoms with Crippen LogP contribution in [0.25, 0.3) is 16.9 Å². The number of fused-ring (bicyclic) bond motifs is 1. The van der Waals surface area contributed by atoms with E-state index in [1.807, 2.05) is 38.4 Å². The molecule has 3 aromatic heterocycles. The summed E-state index contributed by atoms with van der Waals surface area (Å²) in [6.07, 6.45) is 1.82. The maximum atomic E-state index is 14.0. The Labute approximate surface area is 163 Å². The summed E-state index contributed by atoms with van der Waals surface area (Å²) in [5.41, 5.74) is 4.86. The minimum absolute atomic E-state index is 0.241. The minimum Gasteiger partial charge on any atom is -0.340 e. The second-order valence-corrected chi connectivity index (χ2v) is 7.37. The van der Waals surface area contributed by atoms with Crippen molar-refractivity contribution in [2.75, 3.05) is 5.32 Å². The highest BCUT2D eigenvalue weighted by molar-refractivity contribution is 5.85. The van der Waals surface area contributed by atoms with E-state index in [2.05, 4.69) is 33.8 Å². The highest BCUT2D eigenvalue weighted by Crippen LogP contribution is 2.28. The van der Waals surface area contributed by atoms with Gasteiger partial charge in [0.1, 0.15) is 17.2 Å². The van der Waals surface area contributed by atoms with E-state index in [9.17, 15) is 4.39 Å². The van der Waals surface area contributed by atoms with E-state index < -0.39 is 0 Å². The van der Waals surface area contributed by atoms with Gasteiger partial charge in [0, 0.05) is 23.5 Å². The van der Waals surface area contributed by atoms with Crippen LogP contribution in [-0.4, -0.2) is 24.3 Å². The molecule has 4 rings (SSSR count). The third kappa shape index (κ3) is 3.13. The van der Waals surface area contributed by atoms with Gasteiger partial charge in [-0.3, -0.25) is 0 Å². The van der Waals surface area contributed by atoms with E-state index >= 15 is 0 Å². The molecule has 0 bridgehead atoms. The third-order valence-electron chi connectivity index (χ3n) is 4.75. The van der Waals surface area contributed by atoms with Crippen molar-refractivity contribution in [1.82, 2.24) is 24.3 Å². The van der Waals surface area contributed by atoms with Crippen molar-refractivity contribution in [3.8, 4) is 5.82 Å². The first-order valence-corrected chi connectivity index (χ1v) is 9.28. The number of rotatable bonds is 4. The van der Waals surface area contributed by atoms with Crippen LogP contribution < -0.4 is 5.32 Å². The number of aryl methyl sites for hydroxylation is 3. The molecule has 0 aliphatic carbocycles. The van der Waals surface area contributed by atoms with Crippen LogP contribution in [0, 0.1) is 26.6 Å². The third-order valence-corrected chi connectivity index (χ3v) is 4.75. The van der Waals surface area contributed by atoms with E-state index in [-0.39, 0.29) is 11.9 Å². The molecule has 0 radical (unpaired) electrons. The normalized spacial score (nSPS) is 11.5. The number of hydrogen-bond acceptors (Lipinski definition) is 4. The molecular weight excluding hydrogens is 355 g/mol. The lowest BCUT2D eigenvalue weighted by molar-refractivity contribution is 0.617. The van der Waals surface area contributed by atoms with E-state index in [0.717, 1.165) is 22.4 Å². The number of anilines is 2. The predicted octanol–water partition coefficient (Wildman–Crippen LogP) is 5.01. The highest BCUT2D eigenvalue weighted by atomic mass is 19.1. The monoisotopic (exact) mass is 378 g/mol. The van der Waals surface area contributed by atoms with Gasteiger partial charge in [0.05, 0.1) is 17.5 Å². The van der Waals surface area contributed by atoms with Gasteiger partial charge in [0.25, 0.3) is 0 Å². The molecule has 144 valence electrons. The zero-order chi connectivity index (χ0) is 20.0. The molecule has 0 aliphatic rings. The van der Waals surface area contributed by atoms with Crippen molar-refractivity contribution in [2.24, 2.45) is 0 Å². The van der Waals surface area contributed by atoms with E-state index in [1.165, 1.54) is 6.07 Å². The Bertz CT molecular complexity index is 1170. The van der Waals surface area contributed by atoms with Gasteiger partial charge in [-0.25, -0.2) is 19.0 Å². The first-order valence-electron chi connectivity index (χ1n) is 9.28. The fourth-order valence-corrected chi connectivity index (χ4v) is 3.30. The first-order chi connectivity index (χ1) is 13.3. The number of benzene rings is 1. The summed E-state index contributed by atoms with van der Waals surface area (Å²) in [5, 5.41) is 7.80. The SMILES string of the molecule is Cc1cc(C)n(-c2nc(Nc3ccc(C)c(F)c3)cc3c2ncn3C(C)C)n1. The number of hydrogen-bond donors (Lipinski definition) is 1. The summed E-state index contributed by atoms with van der Waals surface area (Å²) >= 11 is 0. The predicted molar refractivity (Wildman–Crippen MR) is 109 cm³/mol. The zero-order valence-corrected chi connectivity index (χ0v) is 16.7. The van der Waals surface area contributed by atoms with Crippen LogP contribution in [0.5, 0.6) is 0 Å². The molecule has 0 unspecified atom stereocenters. The standard InChI is InChI=1S/C21H23FN6/c1-12(2)27-11-23-20-18(27)10-19(24-16-7-6-13(3)17(22)9-16)25-21(20)28-15(5)8-14(4)26-28/h6-12H,1-5H3,(H,24,25). The summed E-state index contributed by atoms with van der Waals surface area (Å²) in [5.74, 6) is 1.01. The Morgan fingerprint density at radius 2 is 1.86 bits per heavy atom.